The molecule has 0 atom stereocenters. The zero-order chi connectivity index (χ0) is 7.70. The Hall–Kier alpha value is 0.354. The van der Waals surface area contributed by atoms with Crippen molar-refractivity contribution in [2.24, 2.45) is 0 Å². The first-order valence-corrected chi connectivity index (χ1v) is 3.47. The predicted molar refractivity (Wildman–Crippen MR) is 23.1 cm³/mol. The molecule has 0 aromatic carbocycles. The third-order valence-corrected chi connectivity index (χ3v) is 0.421. The van der Waals surface area contributed by atoms with Crippen molar-refractivity contribution in [3.05, 3.63) is 0 Å². The van der Waals surface area contributed by atoms with Crippen LogP contribution in [0.2, 0.25) is 0 Å². The Morgan fingerprint density at radius 2 is 1.56 bits per heavy atom. The summed E-state index contributed by atoms with van der Waals surface area (Å²) in [5.41, 5.74) is 0. The molecular formula is C3H9O5Ti. The van der Waals surface area contributed by atoms with E-state index < -0.39 is 25.6 Å². The van der Waals surface area contributed by atoms with Gasteiger partial charge in [0, 0.05) is 0 Å². The van der Waals surface area contributed by atoms with Gasteiger partial charge in [-0.2, -0.15) is 0 Å². The molecule has 0 aromatic rings. The zero-order valence-corrected chi connectivity index (χ0v) is 6.25. The fourth-order valence-corrected chi connectivity index (χ4v) is 0.0577. The van der Waals surface area contributed by atoms with Gasteiger partial charge < -0.3 is 15.3 Å². The Kier molecular flexibility index (Phi) is 15.0. The summed E-state index contributed by atoms with van der Waals surface area (Å²) in [5.74, 6) is 0. The fourth-order valence-electron chi connectivity index (χ4n) is 0.0577. The molecule has 0 saturated carbocycles. The Labute approximate surface area is 61.7 Å². The van der Waals surface area contributed by atoms with Gasteiger partial charge in [-0.1, -0.05) is 0 Å². The van der Waals surface area contributed by atoms with E-state index in [9.17, 15) is 0 Å². The van der Waals surface area contributed by atoms with E-state index in [4.69, 9.17) is 22.3 Å². The standard InChI is InChI=1S/C3H8O3.H2O.O.Ti/c4-1-3(6)2-5;;;/h3-6H,1-2H2;1H2;;/q;;;+1/p-1. The van der Waals surface area contributed by atoms with Crippen LogP contribution in [0.1, 0.15) is 0 Å². The van der Waals surface area contributed by atoms with Crippen LogP contribution in [-0.2, 0) is 22.8 Å². The van der Waals surface area contributed by atoms with Crippen LogP contribution in [-0.4, -0.2) is 38.3 Å². The Balaban J connectivity index is 0. The van der Waals surface area contributed by atoms with Crippen LogP contribution in [0.4, 0.5) is 0 Å². The van der Waals surface area contributed by atoms with Crippen molar-refractivity contribution in [1.82, 2.24) is 0 Å². The quantitative estimate of drug-likeness (QED) is 0.350. The van der Waals surface area contributed by atoms with Crippen molar-refractivity contribution >= 4 is 0 Å². The minimum absolute atomic E-state index is 0.365. The average Bonchev–Trinajstić information content (AvgIpc) is 1.88. The molecule has 0 aromatic heterocycles. The van der Waals surface area contributed by atoms with E-state index in [0.717, 1.165) is 0 Å². The van der Waals surface area contributed by atoms with Gasteiger partial charge in [0.1, 0.15) is 6.10 Å². The molecule has 0 fully saturated rings. The average molecular weight is 173 g/mol. The Morgan fingerprint density at radius 1 is 1.33 bits per heavy atom. The van der Waals surface area contributed by atoms with E-state index in [-0.39, 0.29) is 13.2 Å². The zero-order valence-electron chi connectivity index (χ0n) is 4.69. The molecule has 9 heavy (non-hydrogen) atoms. The summed E-state index contributed by atoms with van der Waals surface area (Å²) in [6.45, 7) is -0.729. The summed E-state index contributed by atoms with van der Waals surface area (Å²) in [4.78, 5) is 0. The third kappa shape index (κ3) is 17.8. The number of aliphatic hydroxyl groups excluding tert-OH is 3. The molecule has 5 nitrogen and oxygen atoms in total. The van der Waals surface area contributed by atoms with Gasteiger partial charge in [-0.15, -0.1) is 0 Å². The van der Waals surface area contributed by atoms with Crippen molar-refractivity contribution in [2.75, 3.05) is 13.2 Å². The number of rotatable bonds is 2. The molecule has 0 radical (unpaired) electrons. The molecule has 0 rings (SSSR count). The van der Waals surface area contributed by atoms with Gasteiger partial charge in [0.2, 0.25) is 0 Å². The third-order valence-electron chi connectivity index (χ3n) is 0.421. The topological polar surface area (TPSA) is 98.0 Å². The number of hydrogen-bond donors (Lipinski definition) is 4. The summed E-state index contributed by atoms with van der Waals surface area (Å²) in [7, 11) is 0. The first-order valence-electron chi connectivity index (χ1n) is 2.13. The second-order valence-corrected chi connectivity index (χ2v) is 1.40. The van der Waals surface area contributed by atoms with Crippen molar-refractivity contribution in [2.45, 2.75) is 6.10 Å². The molecule has 55 valence electrons. The van der Waals surface area contributed by atoms with Crippen LogP contribution >= 0.6 is 0 Å². The molecule has 0 unspecified atom stereocenters. The van der Waals surface area contributed by atoms with Gasteiger partial charge in [-0.25, -0.2) is 0 Å². The summed E-state index contributed by atoms with van der Waals surface area (Å²) in [6, 6.07) is 0. The summed E-state index contributed by atoms with van der Waals surface area (Å²) in [5, 5.41) is 24.0. The van der Waals surface area contributed by atoms with Gasteiger partial charge in [-0.05, 0) is 0 Å². The van der Waals surface area contributed by atoms with Gasteiger partial charge in [0.25, 0.3) is 0 Å². The van der Waals surface area contributed by atoms with E-state index in [2.05, 4.69) is 0 Å². The second-order valence-electron chi connectivity index (χ2n) is 1.11. The fraction of sp³-hybridized carbons (Fsp3) is 1.00. The van der Waals surface area contributed by atoms with Crippen molar-refractivity contribution in [1.29, 1.82) is 0 Å². The van der Waals surface area contributed by atoms with Crippen molar-refractivity contribution < 1.29 is 41.8 Å². The van der Waals surface area contributed by atoms with Crippen LogP contribution in [0.5, 0.6) is 0 Å². The van der Waals surface area contributed by atoms with E-state index in [1.54, 1.807) is 0 Å². The van der Waals surface area contributed by atoms with Crippen LogP contribution in [0.3, 0.4) is 0 Å². The minimum atomic E-state index is -1.75. The molecule has 0 amide bonds. The molecule has 0 bridgehead atoms. The summed E-state index contributed by atoms with van der Waals surface area (Å²) >= 11 is -1.75. The molecule has 6 heteroatoms. The van der Waals surface area contributed by atoms with E-state index >= 15 is 0 Å². The van der Waals surface area contributed by atoms with Crippen LogP contribution < -0.4 is 0 Å². The molecule has 0 saturated heterocycles. The second kappa shape index (κ2) is 11.2. The van der Waals surface area contributed by atoms with E-state index in [0.29, 0.717) is 0 Å². The first-order chi connectivity index (χ1) is 4.22. The predicted octanol–water partition coefficient (Wildman–Crippen LogP) is -2.35. The first kappa shape index (κ1) is 12.1. The molecule has 0 aliphatic carbocycles. The molecule has 0 spiro atoms. The van der Waals surface area contributed by atoms with Gasteiger partial charge in [0.05, 0.1) is 13.2 Å². The molecular weight excluding hydrogens is 164 g/mol. The van der Waals surface area contributed by atoms with Gasteiger partial charge in [-0.3, -0.25) is 0 Å². The molecule has 0 heterocycles. The summed E-state index contributed by atoms with van der Waals surface area (Å²) < 4.78 is 15.8. The summed E-state index contributed by atoms with van der Waals surface area (Å²) in [6.07, 6.45) is -0.954. The number of aliphatic hydroxyl groups is 3. The Bertz CT molecular complexity index is 54.2. The van der Waals surface area contributed by atoms with Crippen LogP contribution in [0.15, 0.2) is 0 Å². The molecule has 0 aliphatic heterocycles. The molecule has 4 N–H and O–H groups in total. The van der Waals surface area contributed by atoms with Crippen LogP contribution in [0.25, 0.3) is 0 Å². The van der Waals surface area contributed by atoms with E-state index in [1.165, 1.54) is 0 Å². The normalized spacial score (nSPS) is 7.67. The SMILES string of the molecule is OCC(O)CO.[O]=[Ti][OH]. The molecule has 0 aliphatic rings. The van der Waals surface area contributed by atoms with Gasteiger partial charge in [0.15, 0.2) is 0 Å². The maximum absolute atomic E-state index is 8.61. The van der Waals surface area contributed by atoms with Crippen molar-refractivity contribution in [3.8, 4) is 0 Å². The van der Waals surface area contributed by atoms with Crippen molar-refractivity contribution in [3.63, 3.8) is 0 Å². The van der Waals surface area contributed by atoms with Crippen LogP contribution in [0, 0.1) is 0 Å². The van der Waals surface area contributed by atoms with E-state index in [1.807, 2.05) is 0 Å². The number of hydrogen-bond acceptors (Lipinski definition) is 4. The van der Waals surface area contributed by atoms with Gasteiger partial charge >= 0.3 is 26.5 Å². The maximum atomic E-state index is 8.61. The Morgan fingerprint density at radius 3 is 1.56 bits per heavy atom. The monoisotopic (exact) mass is 173 g/mol.